The van der Waals surface area contributed by atoms with Gasteiger partial charge in [0.1, 0.15) is 0 Å². The number of halogens is 4. The lowest BCUT2D eigenvalue weighted by Gasteiger charge is -2.15. The summed E-state index contributed by atoms with van der Waals surface area (Å²) in [4.78, 5) is 10.5. The monoisotopic (exact) mass is 223 g/mol. The molecule has 1 N–H and O–H groups in total. The molecule has 1 aromatic rings. The molecule has 0 heterocycles. The van der Waals surface area contributed by atoms with E-state index >= 15 is 0 Å². The van der Waals surface area contributed by atoms with Gasteiger partial charge in [0.05, 0.1) is 10.6 Å². The van der Waals surface area contributed by atoms with Gasteiger partial charge in [0.25, 0.3) is 0 Å². The van der Waals surface area contributed by atoms with Crippen molar-refractivity contribution >= 4 is 30.0 Å². The Morgan fingerprint density at radius 2 is 1.93 bits per heavy atom. The average Bonchev–Trinajstić information content (AvgIpc) is 2.02. The summed E-state index contributed by atoms with van der Waals surface area (Å²) in [5.74, 6) is -1.48. The van der Waals surface area contributed by atoms with E-state index in [4.69, 9.17) is 16.7 Å². The maximum absolute atomic E-state index is 12.2. The van der Waals surface area contributed by atoms with Gasteiger partial charge in [0.2, 0.25) is 0 Å². The van der Waals surface area contributed by atoms with Crippen LogP contribution >= 0.6 is 11.6 Å². The van der Waals surface area contributed by atoms with Crippen molar-refractivity contribution in [1.29, 1.82) is 0 Å². The molecule has 0 unspecified atom stereocenters. The van der Waals surface area contributed by atoms with Gasteiger partial charge in [0.15, 0.2) is 0 Å². The van der Waals surface area contributed by atoms with E-state index < -0.39 is 24.0 Å². The summed E-state index contributed by atoms with van der Waals surface area (Å²) in [6.45, 7) is -5.19. The first kappa shape index (κ1) is 10.9. The Labute approximate surface area is 82.4 Å². The molecule has 0 saturated carbocycles. The van der Waals surface area contributed by atoms with Crippen molar-refractivity contribution in [3.63, 3.8) is 0 Å². The van der Waals surface area contributed by atoms with E-state index in [1.807, 2.05) is 0 Å². The maximum Gasteiger partial charge on any atom is 0.509 e. The quantitative estimate of drug-likeness (QED) is 0.780. The Morgan fingerprint density at radius 1 is 1.36 bits per heavy atom. The van der Waals surface area contributed by atoms with Gasteiger partial charge in [0, 0.05) is 0 Å². The lowest BCUT2D eigenvalue weighted by Crippen LogP contribution is -2.34. The van der Waals surface area contributed by atoms with Crippen LogP contribution in [0.5, 0.6) is 0 Å². The highest BCUT2D eigenvalue weighted by molar-refractivity contribution is 6.73. The summed E-state index contributed by atoms with van der Waals surface area (Å²) in [6, 6.07) is 2.22. The van der Waals surface area contributed by atoms with Crippen molar-refractivity contribution in [2.45, 2.75) is 0 Å². The molecule has 76 valence electrons. The topological polar surface area (TPSA) is 37.3 Å². The standard InChI is InChI=1S/C7H4BClF3O2/c9-6-2-1-4(8(10,11)12)3-5(6)7(13)14/h1-3H,(H,13,14)/q-1. The van der Waals surface area contributed by atoms with Crippen LogP contribution in [0.2, 0.25) is 5.02 Å². The minimum absolute atomic E-state index is 0.207. The Kier molecular flexibility index (Phi) is 2.75. The van der Waals surface area contributed by atoms with Gasteiger partial charge >= 0.3 is 12.9 Å². The summed E-state index contributed by atoms with van der Waals surface area (Å²) in [5.41, 5.74) is -1.50. The third kappa shape index (κ3) is 2.20. The fourth-order valence-corrected chi connectivity index (χ4v) is 1.11. The number of aromatic carboxylic acids is 1. The van der Waals surface area contributed by atoms with Crippen LogP contribution in [-0.2, 0) is 0 Å². The highest BCUT2D eigenvalue weighted by Crippen LogP contribution is 2.17. The predicted octanol–water partition coefficient (Wildman–Crippen LogP) is 2.09. The van der Waals surface area contributed by atoms with Gasteiger partial charge < -0.3 is 18.1 Å². The molecule has 2 nitrogen and oxygen atoms in total. The lowest BCUT2D eigenvalue weighted by molar-refractivity contribution is 0.0697. The molecule has 0 aliphatic carbocycles. The minimum atomic E-state index is -5.19. The molecule has 0 spiro atoms. The predicted molar refractivity (Wildman–Crippen MR) is 47.1 cm³/mol. The number of carboxylic acids is 1. The molecule has 0 radical (unpaired) electrons. The van der Waals surface area contributed by atoms with E-state index in [1.54, 1.807) is 0 Å². The molecule has 0 fully saturated rings. The van der Waals surface area contributed by atoms with E-state index in [-0.39, 0.29) is 5.02 Å². The minimum Gasteiger partial charge on any atom is -0.478 e. The van der Waals surface area contributed by atoms with Crippen LogP contribution in [0.1, 0.15) is 10.4 Å². The first-order valence-electron chi connectivity index (χ1n) is 3.55. The van der Waals surface area contributed by atoms with Gasteiger partial charge in [-0.05, 0) is 6.07 Å². The third-order valence-electron chi connectivity index (χ3n) is 1.60. The van der Waals surface area contributed by atoms with E-state index in [0.29, 0.717) is 6.07 Å². The summed E-state index contributed by atoms with van der Waals surface area (Å²) in [5, 5.41) is 8.30. The van der Waals surface area contributed by atoms with Crippen LogP contribution in [0, 0.1) is 0 Å². The van der Waals surface area contributed by atoms with Crippen molar-refractivity contribution in [2.75, 3.05) is 0 Å². The normalized spacial score (nSPS) is 11.4. The van der Waals surface area contributed by atoms with Crippen molar-refractivity contribution in [3.8, 4) is 0 Å². The molecule has 0 aromatic heterocycles. The molecule has 14 heavy (non-hydrogen) atoms. The zero-order chi connectivity index (χ0) is 10.9. The van der Waals surface area contributed by atoms with Crippen LogP contribution in [0.15, 0.2) is 18.2 Å². The van der Waals surface area contributed by atoms with Crippen molar-refractivity contribution in [2.24, 2.45) is 0 Å². The van der Waals surface area contributed by atoms with Crippen molar-refractivity contribution in [3.05, 3.63) is 28.8 Å². The molecular formula is C7H4BClF3O2-. The Morgan fingerprint density at radius 3 is 2.36 bits per heavy atom. The van der Waals surface area contributed by atoms with Crippen molar-refractivity contribution < 1.29 is 22.8 Å². The zero-order valence-electron chi connectivity index (χ0n) is 6.68. The van der Waals surface area contributed by atoms with Crippen LogP contribution < -0.4 is 5.46 Å². The fourth-order valence-electron chi connectivity index (χ4n) is 0.910. The summed E-state index contributed by atoms with van der Waals surface area (Å²) in [7, 11) is 0. The number of rotatable bonds is 2. The average molecular weight is 223 g/mol. The Bertz CT molecular complexity index is 378. The van der Waals surface area contributed by atoms with E-state index in [2.05, 4.69) is 0 Å². The molecular weight excluding hydrogens is 219 g/mol. The molecule has 0 amide bonds. The fraction of sp³-hybridized carbons (Fsp3) is 0. The molecule has 0 atom stereocenters. The number of hydrogen-bond donors (Lipinski definition) is 1. The van der Waals surface area contributed by atoms with Crippen molar-refractivity contribution in [1.82, 2.24) is 0 Å². The SMILES string of the molecule is O=C(O)c1cc([B-](F)(F)F)ccc1Cl. The highest BCUT2D eigenvalue weighted by Gasteiger charge is 2.26. The van der Waals surface area contributed by atoms with E-state index in [0.717, 1.165) is 12.1 Å². The number of benzene rings is 1. The van der Waals surface area contributed by atoms with Gasteiger partial charge in [-0.15, -0.1) is 5.46 Å². The number of hydrogen-bond acceptors (Lipinski definition) is 1. The summed E-state index contributed by atoms with van der Waals surface area (Å²) < 4.78 is 36.6. The van der Waals surface area contributed by atoms with E-state index in [9.17, 15) is 17.7 Å². The first-order valence-corrected chi connectivity index (χ1v) is 3.93. The Balaban J connectivity index is 3.27. The zero-order valence-corrected chi connectivity index (χ0v) is 7.43. The van der Waals surface area contributed by atoms with Crippen LogP contribution in [0.3, 0.4) is 0 Å². The second kappa shape index (κ2) is 3.53. The maximum atomic E-state index is 12.2. The molecule has 0 saturated heterocycles. The largest absolute Gasteiger partial charge is 0.509 e. The number of carbonyl (C=O) groups is 1. The summed E-state index contributed by atoms with van der Waals surface area (Å²) >= 11 is 5.40. The molecule has 0 bridgehead atoms. The molecule has 1 rings (SSSR count). The Hall–Kier alpha value is -1.17. The summed E-state index contributed by atoms with van der Waals surface area (Å²) in [6.07, 6.45) is 0. The lowest BCUT2D eigenvalue weighted by atomic mass is 9.79. The first-order chi connectivity index (χ1) is 6.32. The van der Waals surface area contributed by atoms with Crippen LogP contribution in [-0.4, -0.2) is 18.1 Å². The highest BCUT2D eigenvalue weighted by atomic mass is 35.5. The molecule has 1 aromatic carbocycles. The second-order valence-electron chi connectivity index (χ2n) is 2.62. The molecule has 0 aliphatic rings. The second-order valence-corrected chi connectivity index (χ2v) is 3.03. The smallest absolute Gasteiger partial charge is 0.478 e. The van der Waals surface area contributed by atoms with Gasteiger partial charge in [-0.1, -0.05) is 23.7 Å². The number of carboxylic acid groups (broad SMARTS) is 1. The molecule has 7 heteroatoms. The van der Waals surface area contributed by atoms with Gasteiger partial charge in [-0.25, -0.2) is 4.79 Å². The van der Waals surface area contributed by atoms with Gasteiger partial charge in [-0.2, -0.15) is 0 Å². The third-order valence-corrected chi connectivity index (χ3v) is 1.93. The molecule has 0 aliphatic heterocycles. The van der Waals surface area contributed by atoms with Crippen LogP contribution in [0.4, 0.5) is 12.9 Å². The van der Waals surface area contributed by atoms with Gasteiger partial charge in [-0.3, -0.25) is 0 Å². The van der Waals surface area contributed by atoms with E-state index in [1.165, 1.54) is 0 Å². The van der Waals surface area contributed by atoms with Crippen LogP contribution in [0.25, 0.3) is 0 Å².